The number of rotatable bonds is 5. The van der Waals surface area contributed by atoms with E-state index < -0.39 is 0 Å². The molecular formula is C53H35N. The molecule has 1 heteroatoms. The summed E-state index contributed by atoms with van der Waals surface area (Å²) in [4.78, 5) is 2.44. The molecule has 0 radical (unpaired) electrons. The zero-order valence-corrected chi connectivity index (χ0v) is 29.7. The summed E-state index contributed by atoms with van der Waals surface area (Å²) in [6, 6.07) is 78.1. The van der Waals surface area contributed by atoms with Crippen LogP contribution in [0.25, 0.3) is 55.3 Å². The van der Waals surface area contributed by atoms with Gasteiger partial charge in [-0.05, 0) is 108 Å². The summed E-state index contributed by atoms with van der Waals surface area (Å²) in [5.74, 6) is 0. The van der Waals surface area contributed by atoms with Crippen molar-refractivity contribution in [2.24, 2.45) is 0 Å². The SMILES string of the molecule is c1ccc(N(c2ccc(-c3ccc(-c4ccc5ccccc5c4)cc3)cc2)c2cccc3c2-c2ccccc2C32c3ccccc3-c3ccccc32)cc1. The monoisotopic (exact) mass is 685 g/mol. The normalized spacial score (nSPS) is 13.0. The Morgan fingerprint density at radius 1 is 0.296 bits per heavy atom. The Balaban J connectivity index is 1.04. The molecule has 252 valence electrons. The van der Waals surface area contributed by atoms with E-state index in [1.165, 1.54) is 83.2 Å². The first kappa shape index (κ1) is 30.6. The second kappa shape index (κ2) is 12.0. The van der Waals surface area contributed by atoms with Crippen LogP contribution in [0.15, 0.2) is 212 Å². The van der Waals surface area contributed by atoms with Crippen molar-refractivity contribution >= 4 is 27.8 Å². The van der Waals surface area contributed by atoms with Crippen LogP contribution in [0.2, 0.25) is 0 Å². The quantitative estimate of drug-likeness (QED) is 0.174. The van der Waals surface area contributed by atoms with Crippen molar-refractivity contribution in [3.8, 4) is 44.5 Å². The van der Waals surface area contributed by atoms with Crippen molar-refractivity contribution in [1.82, 2.24) is 0 Å². The van der Waals surface area contributed by atoms with Crippen LogP contribution in [0.4, 0.5) is 17.1 Å². The van der Waals surface area contributed by atoms with Gasteiger partial charge in [0.05, 0.1) is 11.1 Å². The van der Waals surface area contributed by atoms with Crippen LogP contribution in [-0.4, -0.2) is 0 Å². The molecule has 0 atom stereocenters. The van der Waals surface area contributed by atoms with Gasteiger partial charge in [0.1, 0.15) is 0 Å². The molecule has 0 aromatic heterocycles. The zero-order valence-electron chi connectivity index (χ0n) is 29.7. The van der Waals surface area contributed by atoms with E-state index in [2.05, 4.69) is 217 Å². The Bertz CT molecular complexity index is 2820. The van der Waals surface area contributed by atoms with Gasteiger partial charge in [0.15, 0.2) is 0 Å². The molecule has 0 unspecified atom stereocenters. The van der Waals surface area contributed by atoms with Crippen LogP contribution in [-0.2, 0) is 5.41 Å². The average molecular weight is 686 g/mol. The fourth-order valence-corrected chi connectivity index (χ4v) is 9.34. The van der Waals surface area contributed by atoms with Crippen molar-refractivity contribution < 1.29 is 0 Å². The van der Waals surface area contributed by atoms with Gasteiger partial charge in [0, 0.05) is 16.9 Å². The van der Waals surface area contributed by atoms with Crippen molar-refractivity contribution in [3.05, 3.63) is 235 Å². The smallest absolute Gasteiger partial charge is 0.0726 e. The summed E-state index contributed by atoms with van der Waals surface area (Å²) >= 11 is 0. The van der Waals surface area contributed by atoms with Crippen LogP contribution in [0.3, 0.4) is 0 Å². The highest BCUT2D eigenvalue weighted by molar-refractivity contribution is 6.01. The second-order valence-electron chi connectivity index (χ2n) is 14.4. The number of anilines is 3. The van der Waals surface area contributed by atoms with Gasteiger partial charge in [-0.25, -0.2) is 0 Å². The molecule has 0 aliphatic heterocycles. The second-order valence-corrected chi connectivity index (χ2v) is 14.4. The Hall–Kier alpha value is -6.96. The molecule has 0 bridgehead atoms. The van der Waals surface area contributed by atoms with Crippen LogP contribution >= 0.6 is 0 Å². The fraction of sp³-hybridized carbons (Fsp3) is 0.0189. The molecule has 0 heterocycles. The lowest BCUT2D eigenvalue weighted by atomic mass is 9.70. The van der Waals surface area contributed by atoms with Crippen molar-refractivity contribution in [3.63, 3.8) is 0 Å². The highest BCUT2D eigenvalue weighted by Crippen LogP contribution is 2.64. The zero-order chi connectivity index (χ0) is 35.6. The van der Waals surface area contributed by atoms with Gasteiger partial charge in [-0.15, -0.1) is 0 Å². The first-order valence-electron chi connectivity index (χ1n) is 18.8. The molecule has 54 heavy (non-hydrogen) atoms. The van der Waals surface area contributed by atoms with E-state index in [1.54, 1.807) is 0 Å². The Kier molecular flexibility index (Phi) is 6.84. The first-order valence-corrected chi connectivity index (χ1v) is 18.8. The number of fused-ring (bicyclic) bond motifs is 11. The third-order valence-electron chi connectivity index (χ3n) is 11.7. The number of hydrogen-bond donors (Lipinski definition) is 0. The standard InChI is InChI=1S/C53H35N/c1-2-15-42(16-3-1)54(43-33-31-38(32-34-43)37-25-27-39(28-26-37)41-30-29-36-13-4-5-14-40(36)35-41)51-24-12-23-50-52(51)46-19-8-11-22-49(46)53(50)47-20-9-6-17-44(47)45-18-7-10-21-48(45)53/h1-35H. The van der Waals surface area contributed by atoms with Crippen LogP contribution in [0.5, 0.6) is 0 Å². The maximum Gasteiger partial charge on any atom is 0.0726 e. The number of nitrogens with zero attached hydrogens (tertiary/aromatic N) is 1. The molecule has 0 amide bonds. The fourth-order valence-electron chi connectivity index (χ4n) is 9.34. The van der Waals surface area contributed by atoms with Crippen molar-refractivity contribution in [2.75, 3.05) is 4.90 Å². The molecular weight excluding hydrogens is 651 g/mol. The van der Waals surface area contributed by atoms with E-state index in [9.17, 15) is 0 Å². The average Bonchev–Trinajstić information content (AvgIpc) is 3.72. The lowest BCUT2D eigenvalue weighted by molar-refractivity contribution is 0.794. The minimum atomic E-state index is -0.389. The van der Waals surface area contributed by atoms with E-state index in [1.807, 2.05) is 0 Å². The minimum Gasteiger partial charge on any atom is -0.310 e. The summed E-state index contributed by atoms with van der Waals surface area (Å²) < 4.78 is 0. The summed E-state index contributed by atoms with van der Waals surface area (Å²) in [6.45, 7) is 0. The lowest BCUT2D eigenvalue weighted by Crippen LogP contribution is -2.26. The van der Waals surface area contributed by atoms with Crippen molar-refractivity contribution in [1.29, 1.82) is 0 Å². The molecule has 11 rings (SSSR count). The third-order valence-corrected chi connectivity index (χ3v) is 11.7. The van der Waals surface area contributed by atoms with E-state index in [0.29, 0.717) is 0 Å². The molecule has 1 spiro atoms. The van der Waals surface area contributed by atoms with Gasteiger partial charge in [-0.2, -0.15) is 0 Å². The van der Waals surface area contributed by atoms with Gasteiger partial charge in [-0.3, -0.25) is 0 Å². The predicted octanol–water partition coefficient (Wildman–Crippen LogP) is 14.0. The Morgan fingerprint density at radius 2 is 0.759 bits per heavy atom. The predicted molar refractivity (Wildman–Crippen MR) is 226 cm³/mol. The Morgan fingerprint density at radius 3 is 1.43 bits per heavy atom. The molecule has 2 aliphatic carbocycles. The highest BCUT2D eigenvalue weighted by atomic mass is 15.1. The van der Waals surface area contributed by atoms with E-state index in [0.717, 1.165) is 11.4 Å². The van der Waals surface area contributed by atoms with Crippen LogP contribution < -0.4 is 4.90 Å². The molecule has 9 aromatic carbocycles. The highest BCUT2D eigenvalue weighted by Gasteiger charge is 2.52. The Labute approximate surface area is 316 Å². The maximum absolute atomic E-state index is 2.44. The summed E-state index contributed by atoms with van der Waals surface area (Å²) in [6.07, 6.45) is 0. The molecule has 9 aromatic rings. The molecule has 2 aliphatic rings. The minimum absolute atomic E-state index is 0.389. The van der Waals surface area contributed by atoms with E-state index in [4.69, 9.17) is 0 Å². The molecule has 0 fully saturated rings. The van der Waals surface area contributed by atoms with E-state index in [-0.39, 0.29) is 5.41 Å². The summed E-state index contributed by atoms with van der Waals surface area (Å²) in [5, 5.41) is 2.53. The summed E-state index contributed by atoms with van der Waals surface area (Å²) in [7, 11) is 0. The van der Waals surface area contributed by atoms with Gasteiger partial charge in [0.25, 0.3) is 0 Å². The van der Waals surface area contributed by atoms with Crippen LogP contribution in [0, 0.1) is 0 Å². The lowest BCUT2D eigenvalue weighted by Gasteiger charge is -2.31. The maximum atomic E-state index is 2.44. The number of para-hydroxylation sites is 1. The molecule has 1 nitrogen and oxygen atoms in total. The molecule has 0 saturated carbocycles. The van der Waals surface area contributed by atoms with Crippen molar-refractivity contribution in [2.45, 2.75) is 5.41 Å². The van der Waals surface area contributed by atoms with Gasteiger partial charge < -0.3 is 4.90 Å². The van der Waals surface area contributed by atoms with Gasteiger partial charge in [-0.1, -0.05) is 176 Å². The van der Waals surface area contributed by atoms with Crippen LogP contribution in [0.1, 0.15) is 22.3 Å². The largest absolute Gasteiger partial charge is 0.310 e. The first-order chi connectivity index (χ1) is 26.8. The summed E-state index contributed by atoms with van der Waals surface area (Å²) in [5.41, 5.74) is 18.5. The van der Waals surface area contributed by atoms with Gasteiger partial charge >= 0.3 is 0 Å². The number of benzene rings is 9. The molecule has 0 saturated heterocycles. The number of hydrogen-bond acceptors (Lipinski definition) is 1. The molecule has 0 N–H and O–H groups in total. The van der Waals surface area contributed by atoms with Gasteiger partial charge in [0.2, 0.25) is 0 Å². The third kappa shape index (κ3) is 4.45. The van der Waals surface area contributed by atoms with E-state index >= 15 is 0 Å². The topological polar surface area (TPSA) is 3.24 Å².